The highest BCUT2D eigenvalue weighted by Crippen LogP contribution is 2.47. The topological polar surface area (TPSA) is 72.5 Å². The maximum Gasteiger partial charge on any atom is 0.322 e. The van der Waals surface area contributed by atoms with E-state index in [9.17, 15) is 9.90 Å². The van der Waals surface area contributed by atoms with E-state index < -0.39 is 17.6 Å². The first kappa shape index (κ1) is 17.7. The average Bonchev–Trinajstić information content (AvgIpc) is 3.19. The fourth-order valence-electron chi connectivity index (χ4n) is 3.51. The lowest BCUT2D eigenvalue weighted by atomic mass is 9.81. The molecule has 0 saturated carbocycles. The van der Waals surface area contributed by atoms with Crippen molar-refractivity contribution in [2.45, 2.75) is 11.6 Å². The summed E-state index contributed by atoms with van der Waals surface area (Å²) < 4.78 is 6.44. The molecule has 0 saturated heterocycles. The molecule has 0 radical (unpaired) electrons. The predicted molar refractivity (Wildman–Crippen MR) is 108 cm³/mol. The fraction of sp³-hybridized carbons (Fsp3) is 0.136. The van der Waals surface area contributed by atoms with E-state index in [4.69, 9.17) is 10.5 Å². The quantitative estimate of drug-likeness (QED) is 0.706. The second kappa shape index (κ2) is 7.12. The van der Waals surface area contributed by atoms with Crippen LogP contribution in [0, 0.1) is 0 Å². The first-order valence-corrected chi connectivity index (χ1v) is 9.54. The lowest BCUT2D eigenvalue weighted by molar-refractivity contribution is -0.141. The van der Waals surface area contributed by atoms with E-state index in [1.807, 2.05) is 66.0 Å². The van der Waals surface area contributed by atoms with Gasteiger partial charge in [-0.2, -0.15) is 0 Å². The van der Waals surface area contributed by atoms with Gasteiger partial charge in [0.25, 0.3) is 0 Å². The van der Waals surface area contributed by atoms with Crippen molar-refractivity contribution in [1.29, 1.82) is 0 Å². The fourth-order valence-corrected chi connectivity index (χ4v) is 4.41. The van der Waals surface area contributed by atoms with Crippen molar-refractivity contribution < 1.29 is 14.6 Å². The molecule has 3 aromatic rings. The molecule has 0 spiro atoms. The third kappa shape index (κ3) is 3.00. The average molecular weight is 377 g/mol. The van der Waals surface area contributed by atoms with Crippen LogP contribution in [0.25, 0.3) is 12.2 Å². The maximum atomic E-state index is 11.3. The molecule has 4 rings (SSSR count). The molecule has 1 heterocycles. The second-order valence-electron chi connectivity index (χ2n) is 6.42. The van der Waals surface area contributed by atoms with Crippen molar-refractivity contribution in [3.8, 4) is 0 Å². The Labute approximate surface area is 161 Å². The number of hydrogen-bond donors (Lipinski definition) is 2. The molecule has 0 amide bonds. The number of carboxylic acid groups (broad SMARTS) is 1. The van der Waals surface area contributed by atoms with Gasteiger partial charge in [-0.25, -0.2) is 0 Å². The van der Waals surface area contributed by atoms with Crippen LogP contribution in [-0.2, 0) is 15.1 Å². The second-order valence-corrected chi connectivity index (χ2v) is 7.37. The monoisotopic (exact) mass is 377 g/mol. The van der Waals surface area contributed by atoms with Crippen LogP contribution in [0.3, 0.4) is 0 Å². The highest BCUT2D eigenvalue weighted by molar-refractivity contribution is 7.10. The Morgan fingerprint density at radius 1 is 1.00 bits per heavy atom. The Morgan fingerprint density at radius 2 is 1.59 bits per heavy atom. The van der Waals surface area contributed by atoms with Crippen molar-refractivity contribution in [3.63, 3.8) is 0 Å². The summed E-state index contributed by atoms with van der Waals surface area (Å²) >= 11 is 1.58. The minimum atomic E-state index is -1.10. The van der Waals surface area contributed by atoms with Crippen molar-refractivity contribution in [3.05, 3.63) is 93.2 Å². The molecule has 0 fully saturated rings. The number of fused-ring (bicyclic) bond motifs is 2. The molecule has 1 atom stereocenters. The molecule has 1 aromatic heterocycles. The minimum absolute atomic E-state index is 0.101. The van der Waals surface area contributed by atoms with Crippen LogP contribution in [-0.4, -0.2) is 23.7 Å². The molecular formula is C22H19NO3S. The Morgan fingerprint density at radius 3 is 2.11 bits per heavy atom. The van der Waals surface area contributed by atoms with Gasteiger partial charge in [0.05, 0.1) is 6.61 Å². The van der Waals surface area contributed by atoms with Crippen molar-refractivity contribution >= 4 is 29.5 Å². The third-order valence-corrected chi connectivity index (χ3v) is 5.76. The number of hydrogen-bond acceptors (Lipinski definition) is 4. The van der Waals surface area contributed by atoms with Gasteiger partial charge in [0.15, 0.2) is 5.60 Å². The number of thiophene rings is 1. The number of ether oxygens (including phenoxy) is 1. The maximum absolute atomic E-state index is 11.3. The van der Waals surface area contributed by atoms with Gasteiger partial charge in [0, 0.05) is 16.0 Å². The molecule has 5 heteroatoms. The molecule has 27 heavy (non-hydrogen) atoms. The number of benzene rings is 2. The van der Waals surface area contributed by atoms with E-state index >= 15 is 0 Å². The number of rotatable bonds is 5. The molecule has 1 aliphatic rings. The van der Waals surface area contributed by atoms with E-state index in [2.05, 4.69) is 12.2 Å². The van der Waals surface area contributed by atoms with Crippen LogP contribution in [0.1, 0.15) is 27.1 Å². The summed E-state index contributed by atoms with van der Waals surface area (Å²) in [5.41, 5.74) is 8.89. The first-order valence-electron chi connectivity index (χ1n) is 8.66. The summed E-state index contributed by atoms with van der Waals surface area (Å²) in [5, 5.41) is 11.3. The Kier molecular flexibility index (Phi) is 4.66. The van der Waals surface area contributed by atoms with Crippen LogP contribution in [0.4, 0.5) is 0 Å². The third-order valence-electron chi connectivity index (χ3n) is 4.79. The largest absolute Gasteiger partial charge is 0.480 e. The van der Waals surface area contributed by atoms with E-state index in [0.29, 0.717) is 0 Å². The summed E-state index contributed by atoms with van der Waals surface area (Å²) in [6, 6.07) is 19.0. The minimum Gasteiger partial charge on any atom is -0.480 e. The zero-order valence-electron chi connectivity index (χ0n) is 14.5. The number of aliphatic carboxylic acids is 1. The van der Waals surface area contributed by atoms with Crippen molar-refractivity contribution in [2.75, 3.05) is 6.61 Å². The highest BCUT2D eigenvalue weighted by atomic mass is 32.1. The molecule has 0 unspecified atom stereocenters. The number of nitrogens with two attached hydrogens (primary N) is 1. The summed E-state index contributed by atoms with van der Waals surface area (Å²) in [5.74, 6) is -1.08. The number of carboxylic acids is 1. The van der Waals surface area contributed by atoms with E-state index in [0.717, 1.165) is 27.1 Å². The molecule has 1 aliphatic carbocycles. The van der Waals surface area contributed by atoms with Crippen LogP contribution < -0.4 is 5.73 Å². The normalized spacial score (nSPS) is 15.4. The highest BCUT2D eigenvalue weighted by Gasteiger charge is 2.42. The lowest BCUT2D eigenvalue weighted by Crippen LogP contribution is -2.41. The summed E-state index contributed by atoms with van der Waals surface area (Å²) in [7, 11) is 0. The van der Waals surface area contributed by atoms with Crippen LogP contribution in [0.5, 0.6) is 0 Å². The predicted octanol–water partition coefficient (Wildman–Crippen LogP) is 3.95. The summed E-state index contributed by atoms with van der Waals surface area (Å²) in [6.45, 7) is -0.101. The molecule has 2 aromatic carbocycles. The van der Waals surface area contributed by atoms with Gasteiger partial charge in [-0.15, -0.1) is 11.3 Å². The first-order chi connectivity index (χ1) is 13.1. The van der Waals surface area contributed by atoms with Gasteiger partial charge in [0.1, 0.15) is 6.04 Å². The van der Waals surface area contributed by atoms with Gasteiger partial charge in [-0.1, -0.05) is 66.7 Å². The molecule has 0 bridgehead atoms. The lowest BCUT2D eigenvalue weighted by Gasteiger charge is -2.36. The van der Waals surface area contributed by atoms with Crippen LogP contribution >= 0.6 is 11.3 Å². The van der Waals surface area contributed by atoms with Gasteiger partial charge >= 0.3 is 5.97 Å². The Balaban J connectivity index is 1.99. The SMILES string of the molecule is N[C@@H](COC1(c2cccs2)c2ccccc2C=Cc2ccccc21)C(=O)O. The van der Waals surface area contributed by atoms with Crippen LogP contribution in [0.15, 0.2) is 66.0 Å². The van der Waals surface area contributed by atoms with Crippen molar-refractivity contribution in [2.24, 2.45) is 5.73 Å². The van der Waals surface area contributed by atoms with E-state index in [1.165, 1.54) is 0 Å². The van der Waals surface area contributed by atoms with Gasteiger partial charge < -0.3 is 15.6 Å². The molecule has 0 aliphatic heterocycles. The molecule has 3 N–H and O–H groups in total. The molecule has 4 nitrogen and oxygen atoms in total. The zero-order chi connectivity index (χ0) is 18.9. The zero-order valence-corrected chi connectivity index (χ0v) is 15.4. The van der Waals surface area contributed by atoms with E-state index in [1.54, 1.807) is 11.3 Å². The van der Waals surface area contributed by atoms with Gasteiger partial charge in [-0.05, 0) is 22.6 Å². The van der Waals surface area contributed by atoms with Crippen LogP contribution in [0.2, 0.25) is 0 Å². The van der Waals surface area contributed by atoms with Gasteiger partial charge in [-0.3, -0.25) is 4.79 Å². The van der Waals surface area contributed by atoms with Gasteiger partial charge in [0.2, 0.25) is 0 Å². The van der Waals surface area contributed by atoms with E-state index in [-0.39, 0.29) is 6.61 Å². The Bertz CT molecular complexity index is 945. The molecule has 136 valence electrons. The van der Waals surface area contributed by atoms with Crippen molar-refractivity contribution in [1.82, 2.24) is 0 Å². The standard InChI is InChI=1S/C22H19NO3S/c23-19(21(24)25)14-26-22(20-10-5-13-27-20)17-8-3-1-6-15(17)11-12-16-7-2-4-9-18(16)22/h1-13,19H,14,23H2,(H,24,25)/t19-/m0/s1. The smallest absolute Gasteiger partial charge is 0.322 e. The Hall–Kier alpha value is -2.73. The summed E-state index contributed by atoms with van der Waals surface area (Å²) in [6.07, 6.45) is 4.15. The number of carbonyl (C=O) groups is 1. The molecular weight excluding hydrogens is 358 g/mol. The summed E-state index contributed by atoms with van der Waals surface area (Å²) in [4.78, 5) is 12.3.